The molecule has 0 aromatic heterocycles. The van der Waals surface area contributed by atoms with Crippen LogP contribution in [0, 0.1) is 17.8 Å². The second kappa shape index (κ2) is 8.75. The fourth-order valence-electron chi connectivity index (χ4n) is 2.47. The molecular weight excluding hydrogens is 341 g/mol. The zero-order chi connectivity index (χ0) is 17.7. The molecule has 9 heteroatoms. The molecule has 0 spiro atoms. The summed E-state index contributed by atoms with van der Waals surface area (Å²) in [7, 11) is -6.09. The highest BCUT2D eigenvalue weighted by atomic mass is 32.2. The molecule has 1 rings (SSSR count). The molecule has 0 bridgehead atoms. The van der Waals surface area contributed by atoms with Crippen LogP contribution in [0.25, 0.3) is 0 Å². The van der Waals surface area contributed by atoms with Gasteiger partial charge in [-0.1, -0.05) is 27.2 Å². The van der Waals surface area contributed by atoms with E-state index in [1.165, 1.54) is 19.3 Å². The zero-order valence-corrected chi connectivity index (χ0v) is 15.1. The van der Waals surface area contributed by atoms with Crippen LogP contribution < -0.4 is 0 Å². The molecule has 0 heterocycles. The molecule has 0 N–H and O–H groups in total. The Balaban J connectivity index is 0.000000472. The van der Waals surface area contributed by atoms with E-state index in [-0.39, 0.29) is 11.2 Å². The lowest BCUT2D eigenvalue weighted by Crippen LogP contribution is -2.35. The third-order valence-corrected chi connectivity index (χ3v) is 4.76. The van der Waals surface area contributed by atoms with E-state index in [0.717, 1.165) is 17.8 Å². The highest BCUT2D eigenvalue weighted by Crippen LogP contribution is 2.35. The third-order valence-electron chi connectivity index (χ3n) is 3.56. The summed E-state index contributed by atoms with van der Waals surface area (Å²) in [5, 5.41) is 0. The summed E-state index contributed by atoms with van der Waals surface area (Å²) in [6, 6.07) is 0. The van der Waals surface area contributed by atoms with Crippen molar-refractivity contribution in [2.24, 2.45) is 17.8 Å². The molecule has 0 aliphatic heterocycles. The van der Waals surface area contributed by atoms with Gasteiger partial charge < -0.3 is 4.55 Å². The summed E-state index contributed by atoms with van der Waals surface area (Å²) in [5.74, 6) is 2.43. The minimum atomic E-state index is -6.09. The Morgan fingerprint density at radius 1 is 1.23 bits per heavy atom. The number of hydrogen-bond donors (Lipinski definition) is 0. The summed E-state index contributed by atoms with van der Waals surface area (Å²) in [5.41, 5.74) is -5.65. The first kappa shape index (κ1) is 22.0. The minimum absolute atomic E-state index is 0.135. The van der Waals surface area contributed by atoms with Gasteiger partial charge in [0.2, 0.25) is 0 Å². The van der Waals surface area contributed by atoms with Crippen LogP contribution in [0.5, 0.6) is 0 Å². The van der Waals surface area contributed by atoms with Crippen molar-refractivity contribution in [2.45, 2.75) is 51.6 Å². The average Bonchev–Trinajstić information content (AvgIpc) is 2.25. The van der Waals surface area contributed by atoms with Crippen molar-refractivity contribution >= 4 is 21.3 Å². The van der Waals surface area contributed by atoms with Gasteiger partial charge in [-0.25, -0.2) is 8.42 Å². The Kier molecular flexibility index (Phi) is 8.75. The van der Waals surface area contributed by atoms with Gasteiger partial charge in [-0.05, 0) is 30.6 Å². The molecule has 4 nitrogen and oxygen atoms in total. The predicted octanol–water partition coefficient (Wildman–Crippen LogP) is 3.31. The molecule has 0 amide bonds. The van der Waals surface area contributed by atoms with Gasteiger partial charge in [0.25, 0.3) is 0 Å². The molecule has 0 radical (unpaired) electrons. The van der Waals surface area contributed by atoms with Gasteiger partial charge in [-0.2, -0.15) is 17.4 Å². The Morgan fingerprint density at radius 2 is 1.68 bits per heavy atom. The SMILES string of the molecule is CC1CCC(C(C)C)C(O[S+](C)C)C1.O=S(=O)([O-])C(F)(F)F. The highest BCUT2D eigenvalue weighted by molar-refractivity contribution is 7.90. The van der Waals surface area contributed by atoms with E-state index in [0.29, 0.717) is 6.10 Å². The van der Waals surface area contributed by atoms with Gasteiger partial charge in [-0.15, -0.1) is 0 Å². The number of hydrogen-bond acceptors (Lipinski definition) is 4. The maximum absolute atomic E-state index is 10.7. The maximum atomic E-state index is 10.7. The first-order valence-corrected chi connectivity index (χ1v) is 10.4. The molecule has 22 heavy (non-hydrogen) atoms. The van der Waals surface area contributed by atoms with Crippen LogP contribution >= 0.6 is 0 Å². The number of halogens is 3. The Morgan fingerprint density at radius 3 is 2.00 bits per heavy atom. The van der Waals surface area contributed by atoms with E-state index in [1.807, 2.05) is 0 Å². The average molecular weight is 366 g/mol. The first-order chi connectivity index (χ1) is 9.75. The summed E-state index contributed by atoms with van der Waals surface area (Å²) in [6.45, 7) is 7.03. The molecular formula is C13H25F3O4S2. The predicted molar refractivity (Wildman–Crippen MR) is 81.2 cm³/mol. The van der Waals surface area contributed by atoms with Crippen LogP contribution in [-0.4, -0.2) is 37.1 Å². The Bertz CT molecular complexity index is 419. The fourth-order valence-corrected chi connectivity index (χ4v) is 3.19. The standard InChI is InChI=1S/C12H25OS.CHF3O3S/c1-9(2)11-7-6-10(3)8-12(11)13-14(4)5;2-1(3,4)8(5,6)7/h9-12H,6-8H2,1-5H3;(H,5,6,7)/q+1;/p-1. The van der Waals surface area contributed by atoms with E-state index in [2.05, 4.69) is 33.3 Å². The molecule has 134 valence electrons. The van der Waals surface area contributed by atoms with E-state index in [4.69, 9.17) is 17.2 Å². The molecule has 1 aliphatic carbocycles. The van der Waals surface area contributed by atoms with Crippen LogP contribution in [0.4, 0.5) is 13.2 Å². The van der Waals surface area contributed by atoms with Crippen LogP contribution in [0.3, 0.4) is 0 Å². The van der Waals surface area contributed by atoms with E-state index >= 15 is 0 Å². The molecule has 3 atom stereocenters. The molecule has 0 aromatic carbocycles. The lowest BCUT2D eigenvalue weighted by molar-refractivity contribution is -0.0517. The largest absolute Gasteiger partial charge is 0.741 e. The number of rotatable bonds is 3. The first-order valence-electron chi connectivity index (χ1n) is 7.02. The summed E-state index contributed by atoms with van der Waals surface area (Å²) in [6.07, 6.45) is 8.91. The van der Waals surface area contributed by atoms with Crippen molar-refractivity contribution in [3.8, 4) is 0 Å². The van der Waals surface area contributed by atoms with Crippen molar-refractivity contribution in [1.29, 1.82) is 0 Å². The van der Waals surface area contributed by atoms with Crippen molar-refractivity contribution < 1.29 is 30.3 Å². The van der Waals surface area contributed by atoms with Crippen molar-refractivity contribution in [3.05, 3.63) is 0 Å². The van der Waals surface area contributed by atoms with Crippen LogP contribution in [0.2, 0.25) is 0 Å². The van der Waals surface area contributed by atoms with Crippen molar-refractivity contribution in [3.63, 3.8) is 0 Å². The Labute approximate surface area is 134 Å². The fraction of sp³-hybridized carbons (Fsp3) is 1.00. The number of alkyl halides is 3. The van der Waals surface area contributed by atoms with Gasteiger partial charge in [-0.3, -0.25) is 0 Å². The third kappa shape index (κ3) is 8.03. The van der Waals surface area contributed by atoms with Gasteiger partial charge in [0.15, 0.2) is 10.1 Å². The lowest BCUT2D eigenvalue weighted by atomic mass is 9.75. The van der Waals surface area contributed by atoms with Gasteiger partial charge >= 0.3 is 5.51 Å². The highest BCUT2D eigenvalue weighted by Gasteiger charge is 2.37. The lowest BCUT2D eigenvalue weighted by Gasteiger charge is -2.34. The molecule has 1 aliphatic rings. The minimum Gasteiger partial charge on any atom is -0.741 e. The van der Waals surface area contributed by atoms with Crippen molar-refractivity contribution in [2.75, 3.05) is 12.5 Å². The van der Waals surface area contributed by atoms with Crippen molar-refractivity contribution in [1.82, 2.24) is 0 Å². The molecule has 0 saturated heterocycles. The molecule has 0 aromatic rings. The zero-order valence-electron chi connectivity index (χ0n) is 13.5. The van der Waals surface area contributed by atoms with Gasteiger partial charge in [0, 0.05) is 0 Å². The second-order valence-electron chi connectivity index (χ2n) is 6.10. The molecule has 3 unspecified atom stereocenters. The van der Waals surface area contributed by atoms with Crippen LogP contribution in [0.15, 0.2) is 0 Å². The van der Waals surface area contributed by atoms with Crippen LogP contribution in [-0.2, 0) is 25.5 Å². The van der Waals surface area contributed by atoms with Gasteiger partial charge in [0.1, 0.15) is 29.8 Å². The summed E-state index contributed by atoms with van der Waals surface area (Å²) < 4.78 is 65.0. The summed E-state index contributed by atoms with van der Waals surface area (Å²) >= 11 is 0.135. The maximum Gasteiger partial charge on any atom is 0.485 e. The summed E-state index contributed by atoms with van der Waals surface area (Å²) in [4.78, 5) is 0. The normalized spacial score (nSPS) is 26.8. The Hall–Kier alpha value is 0.01000. The topological polar surface area (TPSA) is 66.4 Å². The van der Waals surface area contributed by atoms with E-state index in [1.54, 1.807) is 0 Å². The van der Waals surface area contributed by atoms with Crippen LogP contribution in [0.1, 0.15) is 40.0 Å². The quantitative estimate of drug-likeness (QED) is 0.437. The van der Waals surface area contributed by atoms with Gasteiger partial charge in [0.05, 0.1) is 0 Å². The smallest absolute Gasteiger partial charge is 0.485 e. The molecule has 1 fully saturated rings. The molecule has 1 saturated carbocycles. The second-order valence-corrected chi connectivity index (χ2v) is 9.15. The van der Waals surface area contributed by atoms with E-state index in [9.17, 15) is 13.2 Å². The monoisotopic (exact) mass is 366 g/mol. The van der Waals surface area contributed by atoms with E-state index < -0.39 is 15.6 Å².